The number of nitrogens with zero attached hydrogens (tertiary/aromatic N) is 7. The van der Waals surface area contributed by atoms with Crippen molar-refractivity contribution in [2.45, 2.75) is 145 Å². The molecular formula is C79H96F2N10O10. The lowest BCUT2D eigenvalue weighted by atomic mass is 9.90. The van der Waals surface area contributed by atoms with Gasteiger partial charge in [0.2, 0.25) is 23.6 Å². The molecular weight excluding hydrogens is 1290 g/mol. The number of aromatic nitrogens is 2. The van der Waals surface area contributed by atoms with Crippen LogP contribution in [0.3, 0.4) is 0 Å². The van der Waals surface area contributed by atoms with E-state index in [9.17, 15) is 43.3 Å². The third-order valence-electron chi connectivity index (χ3n) is 21.4. The van der Waals surface area contributed by atoms with Crippen LogP contribution in [0.25, 0.3) is 21.9 Å². The van der Waals surface area contributed by atoms with Crippen molar-refractivity contribution in [3.05, 3.63) is 203 Å². The van der Waals surface area contributed by atoms with Crippen molar-refractivity contribution in [1.29, 1.82) is 0 Å². The van der Waals surface area contributed by atoms with E-state index in [1.54, 1.807) is 24.8 Å². The molecule has 4 aromatic carbocycles. The number of hydrogen-bond acceptors (Lipinski definition) is 16. The Labute approximate surface area is 589 Å². The smallest absolute Gasteiger partial charge is 0.238 e. The minimum Gasteiger partial charge on any atom is -0.459 e. The van der Waals surface area contributed by atoms with E-state index in [1.807, 2.05) is 164 Å². The normalized spacial score (nSPS) is 22.1. The lowest BCUT2D eigenvalue weighted by Crippen LogP contribution is -2.63. The van der Waals surface area contributed by atoms with Gasteiger partial charge in [-0.05, 0) is 125 Å². The van der Waals surface area contributed by atoms with Gasteiger partial charge in [0, 0.05) is 126 Å². The van der Waals surface area contributed by atoms with Crippen molar-refractivity contribution in [3.63, 3.8) is 0 Å². The minimum absolute atomic E-state index is 0.0538. The Morgan fingerprint density at radius 3 is 1.58 bits per heavy atom. The van der Waals surface area contributed by atoms with Crippen LogP contribution in [0.4, 0.5) is 8.78 Å². The van der Waals surface area contributed by atoms with Crippen molar-refractivity contribution in [2.75, 3.05) is 78.8 Å². The average Bonchev–Trinajstić information content (AvgIpc) is 1.58. The second kappa shape index (κ2) is 31.5. The summed E-state index contributed by atoms with van der Waals surface area (Å²) in [5.41, 5.74) is 5.74. The molecule has 4 aromatic heterocycles. The number of hydrogen-bond donors (Lipinski definition) is 6. The van der Waals surface area contributed by atoms with Gasteiger partial charge in [0.1, 0.15) is 53.8 Å². The molecule has 10 atom stereocenters. The largest absolute Gasteiger partial charge is 0.459 e. The molecule has 22 heteroatoms. The highest BCUT2D eigenvalue weighted by Crippen LogP contribution is 2.49. The van der Waals surface area contributed by atoms with Gasteiger partial charge >= 0.3 is 0 Å². The molecule has 3 saturated heterocycles. The Bertz CT molecular complexity index is 4070. The Balaban J connectivity index is 0.000000191. The topological polar surface area (TPSA) is 243 Å². The predicted octanol–water partition coefficient (Wildman–Crippen LogP) is 8.52. The highest BCUT2D eigenvalue weighted by atomic mass is 19.1. The number of alkyl halides is 2. The number of aliphatic hydroxyl groups is 3. The summed E-state index contributed by atoms with van der Waals surface area (Å²) in [5.74, 6) is -0.515. The van der Waals surface area contributed by atoms with Crippen LogP contribution in [0.1, 0.15) is 111 Å². The zero-order valence-corrected chi connectivity index (χ0v) is 58.6. The van der Waals surface area contributed by atoms with Gasteiger partial charge in [0.15, 0.2) is 0 Å². The summed E-state index contributed by atoms with van der Waals surface area (Å²) in [5, 5.41) is 44.5. The summed E-state index contributed by atoms with van der Waals surface area (Å²) in [6, 6.07) is 41.1. The van der Waals surface area contributed by atoms with E-state index in [2.05, 4.69) is 61.7 Å². The monoisotopic (exact) mass is 1380 g/mol. The lowest BCUT2D eigenvalue weighted by Gasteiger charge is -2.47. The van der Waals surface area contributed by atoms with Crippen molar-refractivity contribution in [2.24, 2.45) is 11.8 Å². The number of piperazine rings is 2. The maximum Gasteiger partial charge on any atom is 0.238 e. The summed E-state index contributed by atoms with van der Waals surface area (Å²) in [6.07, 6.45) is 6.65. The van der Waals surface area contributed by atoms with Crippen LogP contribution in [0.5, 0.6) is 0 Å². The summed E-state index contributed by atoms with van der Waals surface area (Å²) in [7, 11) is 0. The fourth-order valence-corrected chi connectivity index (χ4v) is 15.9. The molecule has 536 valence electrons. The van der Waals surface area contributed by atoms with E-state index in [-0.39, 0.29) is 74.8 Å². The van der Waals surface area contributed by atoms with Crippen molar-refractivity contribution >= 4 is 45.6 Å². The number of β-amino-alcohol motifs (C(OH)–C–C–N with tert-alkyl or cyclic N) is 2. The van der Waals surface area contributed by atoms with E-state index < -0.39 is 78.4 Å². The van der Waals surface area contributed by atoms with Crippen LogP contribution >= 0.6 is 0 Å². The first-order chi connectivity index (χ1) is 48.6. The predicted molar refractivity (Wildman–Crippen MR) is 380 cm³/mol. The number of fused-ring (bicyclic) bond motifs is 6. The summed E-state index contributed by atoms with van der Waals surface area (Å²) in [4.78, 5) is 74.3. The Morgan fingerprint density at radius 2 is 1.08 bits per heavy atom. The van der Waals surface area contributed by atoms with Gasteiger partial charge in [-0.25, -0.2) is 8.78 Å². The molecule has 0 spiro atoms. The number of nitrogens with one attached hydrogen (secondary N) is 3. The molecule has 0 saturated carbocycles. The summed E-state index contributed by atoms with van der Waals surface area (Å²) < 4.78 is 45.3. The van der Waals surface area contributed by atoms with Crippen LogP contribution in [-0.2, 0) is 60.7 Å². The van der Waals surface area contributed by atoms with Gasteiger partial charge in [-0.1, -0.05) is 109 Å². The van der Waals surface area contributed by atoms with E-state index in [0.29, 0.717) is 58.5 Å². The minimum atomic E-state index is -0.931. The van der Waals surface area contributed by atoms with Gasteiger partial charge < -0.3 is 49.7 Å². The van der Waals surface area contributed by atoms with Gasteiger partial charge in [-0.3, -0.25) is 48.7 Å². The number of carbonyl (C=O) groups is 4. The molecule has 5 aliphatic rings. The Hall–Kier alpha value is -8.32. The molecule has 4 amide bonds. The van der Waals surface area contributed by atoms with Gasteiger partial charge in [-0.15, -0.1) is 0 Å². The number of furan rings is 2. The lowest BCUT2D eigenvalue weighted by molar-refractivity contribution is -0.153. The maximum atomic E-state index is 14.8. The number of benzene rings is 4. The second-order valence-corrected chi connectivity index (χ2v) is 29.2. The number of carbonyl (C=O) groups excluding carboxylic acids is 4. The van der Waals surface area contributed by atoms with E-state index in [0.717, 1.165) is 67.7 Å². The Kier molecular flexibility index (Phi) is 22.6. The molecule has 101 heavy (non-hydrogen) atoms. The molecule has 20 nitrogen and oxygen atoms in total. The first-order valence-electron chi connectivity index (χ1n) is 35.5. The van der Waals surface area contributed by atoms with Crippen LogP contribution < -0.4 is 16.0 Å². The van der Waals surface area contributed by atoms with Crippen LogP contribution in [0.15, 0.2) is 167 Å². The number of rotatable bonds is 25. The second-order valence-electron chi connectivity index (χ2n) is 29.2. The molecule has 7 heterocycles. The number of halogens is 2. The number of amides is 4. The number of pyridine rings is 2. The van der Waals surface area contributed by atoms with Crippen LogP contribution in [0, 0.1) is 11.8 Å². The van der Waals surface area contributed by atoms with Crippen molar-refractivity contribution in [3.8, 4) is 0 Å². The first kappa shape index (κ1) is 72.5. The zero-order valence-electron chi connectivity index (χ0n) is 58.6. The van der Waals surface area contributed by atoms with Gasteiger partial charge in [0.25, 0.3) is 0 Å². The van der Waals surface area contributed by atoms with Crippen molar-refractivity contribution in [1.82, 2.24) is 50.4 Å². The standard InChI is InChI=1S/C41H50FN5O5.C38H46FN5O5/c1-40(2,36-23-30-24-43-16-14-34(30)51-36)46-19-18-45(33(26-46)38(49)44-17-15-42)25-31(48)21-29(20-27-10-6-5-7-11-27)39(50)47-37-32-13-9-8-12-28(32)22-35(37)52-41(47,3)4;1-38(2,34-21-28-22-40-14-12-33(28)49-34)44-17-16-43(31(24-44)37(48)41-15-13-39)23-29(45)19-27(18-25-8-4-3-5-9-25)36(47)42-35-30-11-7-6-10-26(30)20-32(35)46/h5-14,16,23-24,29,31,33,35,37,48H,15,17-22,25-26H2,1-4H3,(H,44,49);3-12,14,21-22,27,29,31-32,35,45-46H,13,15-20,23-24H2,1-2H3,(H,41,48)(H,42,47)/t29-,31+,33+,35-,37+;27-,29+,31+,32-,35+/m11/s1. The number of ether oxygens (including phenoxy) is 1. The maximum absolute atomic E-state index is 14.8. The fraction of sp³-hybridized carbons (Fsp3) is 0.468. The summed E-state index contributed by atoms with van der Waals surface area (Å²) in [6.45, 7) is 13.8. The quantitative estimate of drug-likeness (QED) is 0.0314. The Morgan fingerprint density at radius 1 is 0.614 bits per heavy atom. The van der Waals surface area contributed by atoms with Gasteiger partial charge in [0.05, 0.1) is 47.6 Å². The molecule has 13 rings (SSSR count). The zero-order chi connectivity index (χ0) is 71.2. The summed E-state index contributed by atoms with van der Waals surface area (Å²) >= 11 is 0. The molecule has 0 bridgehead atoms. The van der Waals surface area contributed by atoms with Gasteiger partial charge in [-0.2, -0.15) is 0 Å². The molecule has 0 radical (unpaired) electrons. The van der Waals surface area contributed by atoms with Crippen molar-refractivity contribution < 1.29 is 56.8 Å². The molecule has 8 aromatic rings. The molecule has 3 fully saturated rings. The highest BCUT2D eigenvalue weighted by molar-refractivity contribution is 5.84. The number of aliphatic hydroxyl groups excluding tert-OH is 3. The fourth-order valence-electron chi connectivity index (χ4n) is 15.9. The molecule has 0 unspecified atom stereocenters. The first-order valence-corrected chi connectivity index (χ1v) is 35.5. The van der Waals surface area contributed by atoms with E-state index in [4.69, 9.17) is 13.6 Å². The molecule has 3 aliphatic heterocycles. The van der Waals surface area contributed by atoms with E-state index in [1.165, 1.54) is 5.56 Å². The molecule has 2 aliphatic carbocycles. The SMILES string of the molecule is CC(C)(c1cc2cnccc2o1)N1CCN(C[C@@H](O)C[C@@H](Cc2ccccc2)C(=O)N[C@H]2c3ccccc3C[C@H]2O)[C@H](C(=O)NCCF)C1.CC1(C)O[C@@H]2Cc3ccccc3[C@@H]2N1C(=O)[C@H](Cc1ccccc1)C[C@H](O)CN1CCN(C(C)(C)c2cc3cnccc3o2)C[C@H]1C(=O)NCCF. The van der Waals surface area contributed by atoms with E-state index >= 15 is 0 Å². The average molecular weight is 1380 g/mol. The van der Waals surface area contributed by atoms with Crippen LogP contribution in [0.2, 0.25) is 0 Å². The third-order valence-corrected chi connectivity index (χ3v) is 21.4. The molecule has 6 N–H and O–H groups in total. The third kappa shape index (κ3) is 16.3. The highest BCUT2D eigenvalue weighted by Gasteiger charge is 2.55. The van der Waals surface area contributed by atoms with Crippen LogP contribution in [-0.4, -0.2) is 194 Å².